The minimum atomic E-state index is 0. The molecule has 15 heavy (non-hydrogen) atoms. The second-order valence-electron chi connectivity index (χ2n) is 3.15. The zero-order chi connectivity index (χ0) is 10.2. The number of rotatable bonds is 6. The fourth-order valence-electron chi connectivity index (χ4n) is 1.18. The third-order valence-corrected chi connectivity index (χ3v) is 2.47. The van der Waals surface area contributed by atoms with Gasteiger partial charge in [-0.15, -0.1) is 12.4 Å². The van der Waals surface area contributed by atoms with Gasteiger partial charge in [-0.2, -0.15) is 0 Å². The van der Waals surface area contributed by atoms with Crippen molar-refractivity contribution in [3.63, 3.8) is 0 Å². The molecule has 0 spiro atoms. The smallest absolute Gasteiger partial charge is 0.0474 e. The van der Waals surface area contributed by atoms with Crippen LogP contribution in [0, 0.1) is 0 Å². The fraction of sp³-hybridized carbons (Fsp3) is 0.455. The van der Waals surface area contributed by atoms with E-state index >= 15 is 0 Å². The van der Waals surface area contributed by atoms with Crippen molar-refractivity contribution >= 4 is 28.3 Å². The maximum absolute atomic E-state index is 4.96. The van der Waals surface area contributed by atoms with Gasteiger partial charge in [0.15, 0.2) is 0 Å². The Kier molecular flexibility index (Phi) is 9.10. The molecule has 0 aliphatic carbocycles. The van der Waals surface area contributed by atoms with Crippen molar-refractivity contribution in [3.05, 3.63) is 34.3 Å². The van der Waals surface area contributed by atoms with Gasteiger partial charge < -0.3 is 10.1 Å². The zero-order valence-electron chi connectivity index (χ0n) is 8.83. The summed E-state index contributed by atoms with van der Waals surface area (Å²) in [5.74, 6) is 0. The van der Waals surface area contributed by atoms with Crippen LogP contribution in [-0.2, 0) is 11.3 Å². The summed E-state index contributed by atoms with van der Waals surface area (Å²) in [5, 5.41) is 3.36. The number of ether oxygens (including phenoxy) is 1. The molecule has 0 heterocycles. The van der Waals surface area contributed by atoms with Crippen molar-refractivity contribution in [2.45, 2.75) is 13.0 Å². The Morgan fingerprint density at radius 2 is 1.93 bits per heavy atom. The van der Waals surface area contributed by atoms with Crippen LogP contribution in [-0.4, -0.2) is 20.3 Å². The highest BCUT2D eigenvalue weighted by atomic mass is 79.9. The van der Waals surface area contributed by atoms with Crippen LogP contribution in [0.3, 0.4) is 0 Å². The lowest BCUT2D eigenvalue weighted by Gasteiger charge is -2.04. The van der Waals surface area contributed by atoms with Crippen molar-refractivity contribution in [1.82, 2.24) is 5.32 Å². The maximum Gasteiger partial charge on any atom is 0.0474 e. The molecule has 0 atom stereocenters. The number of halogens is 2. The Hall–Kier alpha value is -0.0900. The molecule has 0 aromatic heterocycles. The van der Waals surface area contributed by atoms with Gasteiger partial charge in [0.1, 0.15) is 0 Å². The number of benzene rings is 1. The van der Waals surface area contributed by atoms with Crippen molar-refractivity contribution in [3.8, 4) is 0 Å². The molecule has 0 amide bonds. The Balaban J connectivity index is 0.00000196. The SMILES string of the molecule is COCCCNCc1ccc(Br)cc1.Cl. The van der Waals surface area contributed by atoms with Crippen LogP contribution in [0.25, 0.3) is 0 Å². The standard InChI is InChI=1S/C11H16BrNO.ClH/c1-14-8-2-7-13-9-10-3-5-11(12)6-4-10;/h3-6,13H,2,7-9H2,1H3;1H. The second kappa shape index (κ2) is 9.16. The normalized spacial score (nSPS) is 9.73. The molecule has 0 saturated carbocycles. The molecule has 0 bridgehead atoms. The van der Waals surface area contributed by atoms with Crippen molar-refractivity contribution in [1.29, 1.82) is 0 Å². The highest BCUT2D eigenvalue weighted by Gasteiger charge is 1.92. The van der Waals surface area contributed by atoms with Crippen molar-refractivity contribution in [2.75, 3.05) is 20.3 Å². The van der Waals surface area contributed by atoms with Crippen LogP contribution in [0.15, 0.2) is 28.7 Å². The minimum Gasteiger partial charge on any atom is -0.385 e. The molecule has 1 aromatic rings. The summed E-state index contributed by atoms with van der Waals surface area (Å²) >= 11 is 3.41. The molecular formula is C11H17BrClNO. The van der Waals surface area contributed by atoms with Gasteiger partial charge in [0.25, 0.3) is 0 Å². The van der Waals surface area contributed by atoms with E-state index in [1.165, 1.54) is 5.56 Å². The molecule has 0 unspecified atom stereocenters. The van der Waals surface area contributed by atoms with Gasteiger partial charge in [0.05, 0.1) is 0 Å². The first-order chi connectivity index (χ1) is 6.83. The van der Waals surface area contributed by atoms with Gasteiger partial charge in [0.2, 0.25) is 0 Å². The van der Waals surface area contributed by atoms with E-state index in [9.17, 15) is 0 Å². The molecule has 0 fully saturated rings. The monoisotopic (exact) mass is 293 g/mol. The zero-order valence-corrected chi connectivity index (χ0v) is 11.2. The summed E-state index contributed by atoms with van der Waals surface area (Å²) in [6.45, 7) is 2.76. The molecule has 1 N–H and O–H groups in total. The van der Waals surface area contributed by atoms with E-state index in [0.29, 0.717) is 0 Å². The molecule has 0 radical (unpaired) electrons. The quantitative estimate of drug-likeness (QED) is 0.815. The lowest BCUT2D eigenvalue weighted by molar-refractivity contribution is 0.194. The van der Waals surface area contributed by atoms with Gasteiger partial charge in [0, 0.05) is 24.7 Å². The highest BCUT2D eigenvalue weighted by molar-refractivity contribution is 9.10. The van der Waals surface area contributed by atoms with Crippen LogP contribution < -0.4 is 5.32 Å². The largest absolute Gasteiger partial charge is 0.385 e. The first-order valence-electron chi connectivity index (χ1n) is 4.77. The molecule has 86 valence electrons. The Morgan fingerprint density at radius 1 is 1.27 bits per heavy atom. The summed E-state index contributed by atoms with van der Waals surface area (Å²) in [6, 6.07) is 8.36. The lowest BCUT2D eigenvalue weighted by Crippen LogP contribution is -2.15. The molecule has 1 aromatic carbocycles. The molecule has 4 heteroatoms. The molecule has 0 saturated heterocycles. The number of hydrogen-bond acceptors (Lipinski definition) is 2. The third-order valence-electron chi connectivity index (χ3n) is 1.94. The Labute approximate surface area is 106 Å². The Morgan fingerprint density at radius 3 is 2.53 bits per heavy atom. The summed E-state index contributed by atoms with van der Waals surface area (Å²) in [4.78, 5) is 0. The van der Waals surface area contributed by atoms with E-state index in [1.807, 2.05) is 0 Å². The van der Waals surface area contributed by atoms with E-state index in [2.05, 4.69) is 45.5 Å². The third kappa shape index (κ3) is 6.90. The topological polar surface area (TPSA) is 21.3 Å². The van der Waals surface area contributed by atoms with Crippen molar-refractivity contribution in [2.24, 2.45) is 0 Å². The number of methoxy groups -OCH3 is 1. The van der Waals surface area contributed by atoms with E-state index in [0.717, 1.165) is 30.6 Å². The van der Waals surface area contributed by atoms with E-state index in [1.54, 1.807) is 7.11 Å². The molecule has 0 aliphatic heterocycles. The van der Waals surface area contributed by atoms with Gasteiger partial charge in [-0.3, -0.25) is 0 Å². The van der Waals surface area contributed by atoms with E-state index in [-0.39, 0.29) is 12.4 Å². The maximum atomic E-state index is 4.96. The van der Waals surface area contributed by atoms with Gasteiger partial charge in [-0.25, -0.2) is 0 Å². The molecule has 0 aliphatic rings. The molecule has 2 nitrogen and oxygen atoms in total. The van der Waals surface area contributed by atoms with E-state index in [4.69, 9.17) is 4.74 Å². The highest BCUT2D eigenvalue weighted by Crippen LogP contribution is 2.09. The van der Waals surface area contributed by atoms with Gasteiger partial charge in [-0.05, 0) is 30.7 Å². The lowest BCUT2D eigenvalue weighted by atomic mass is 10.2. The summed E-state index contributed by atoms with van der Waals surface area (Å²) in [6.07, 6.45) is 1.06. The average molecular weight is 295 g/mol. The van der Waals surface area contributed by atoms with Gasteiger partial charge >= 0.3 is 0 Å². The van der Waals surface area contributed by atoms with Crippen LogP contribution in [0.5, 0.6) is 0 Å². The number of hydrogen-bond donors (Lipinski definition) is 1. The summed E-state index contributed by atoms with van der Waals surface area (Å²) < 4.78 is 6.09. The van der Waals surface area contributed by atoms with Crippen LogP contribution in [0.2, 0.25) is 0 Å². The minimum absolute atomic E-state index is 0. The predicted octanol–water partition coefficient (Wildman–Crippen LogP) is 3.00. The van der Waals surface area contributed by atoms with Crippen LogP contribution in [0.4, 0.5) is 0 Å². The number of nitrogens with one attached hydrogen (secondary N) is 1. The first kappa shape index (κ1) is 14.9. The predicted molar refractivity (Wildman–Crippen MR) is 69.6 cm³/mol. The van der Waals surface area contributed by atoms with Crippen LogP contribution >= 0.6 is 28.3 Å². The van der Waals surface area contributed by atoms with Gasteiger partial charge in [-0.1, -0.05) is 28.1 Å². The summed E-state index contributed by atoms with van der Waals surface area (Å²) in [5.41, 5.74) is 1.31. The molecule has 1 rings (SSSR count). The first-order valence-corrected chi connectivity index (χ1v) is 5.56. The Bertz CT molecular complexity index is 253. The fourth-order valence-corrected chi connectivity index (χ4v) is 1.44. The average Bonchev–Trinajstić information content (AvgIpc) is 2.21. The van der Waals surface area contributed by atoms with E-state index < -0.39 is 0 Å². The second-order valence-corrected chi connectivity index (χ2v) is 4.07. The van der Waals surface area contributed by atoms with Crippen molar-refractivity contribution < 1.29 is 4.74 Å². The van der Waals surface area contributed by atoms with Crippen LogP contribution in [0.1, 0.15) is 12.0 Å². The summed E-state index contributed by atoms with van der Waals surface area (Å²) in [7, 11) is 1.73. The molecular weight excluding hydrogens is 277 g/mol.